The largest absolute Gasteiger partial charge is 0.466 e. The first kappa shape index (κ1) is 13.1. The lowest BCUT2D eigenvalue weighted by Gasteiger charge is -2.33. The Kier molecular flexibility index (Phi) is 3.25. The second-order valence-corrected chi connectivity index (χ2v) is 4.40. The van der Waals surface area contributed by atoms with Crippen molar-refractivity contribution in [3.63, 3.8) is 0 Å². The lowest BCUT2D eigenvalue weighted by atomic mass is 10.0. The van der Waals surface area contributed by atoms with E-state index in [4.69, 9.17) is 4.74 Å². The number of ether oxygens (including phenoxy) is 1. The second-order valence-electron chi connectivity index (χ2n) is 4.40. The van der Waals surface area contributed by atoms with Crippen LogP contribution < -0.4 is 15.4 Å². The van der Waals surface area contributed by atoms with Crippen molar-refractivity contribution in [2.45, 2.75) is 25.5 Å². The quantitative estimate of drug-likeness (QED) is 0.771. The summed E-state index contributed by atoms with van der Waals surface area (Å²) in [5.74, 6) is -0.861. The molecule has 99 valence electrons. The highest BCUT2D eigenvalue weighted by molar-refractivity contribution is 6.15. The van der Waals surface area contributed by atoms with Crippen LogP contribution >= 0.6 is 0 Å². The molecule has 0 fully saturated rings. The van der Waals surface area contributed by atoms with E-state index in [1.165, 1.54) is 13.8 Å². The highest BCUT2D eigenvalue weighted by atomic mass is 16.5. The first-order chi connectivity index (χ1) is 8.97. The van der Waals surface area contributed by atoms with Gasteiger partial charge in [-0.15, -0.1) is 0 Å². The molecule has 2 amide bonds. The number of para-hydroxylation sites is 2. The number of anilines is 1. The fourth-order valence-electron chi connectivity index (χ4n) is 1.68. The van der Waals surface area contributed by atoms with Gasteiger partial charge >= 0.3 is 0 Å². The first-order valence-electron chi connectivity index (χ1n) is 5.75. The van der Waals surface area contributed by atoms with E-state index in [0.717, 1.165) is 0 Å². The van der Waals surface area contributed by atoms with Crippen molar-refractivity contribution >= 4 is 23.8 Å². The molecular formula is C13H13N2O4. The first-order valence-corrected chi connectivity index (χ1v) is 5.75. The summed E-state index contributed by atoms with van der Waals surface area (Å²) in [5.41, 5.74) is -1.20. The number of rotatable bonds is 3. The van der Waals surface area contributed by atoms with Gasteiger partial charge < -0.3 is 15.4 Å². The van der Waals surface area contributed by atoms with Gasteiger partial charge in [0.05, 0.1) is 11.7 Å². The molecule has 1 radical (unpaired) electrons. The van der Waals surface area contributed by atoms with E-state index in [2.05, 4.69) is 10.6 Å². The Morgan fingerprint density at radius 1 is 1.47 bits per heavy atom. The predicted octanol–water partition coefficient (Wildman–Crippen LogP) is 0.391. The lowest BCUT2D eigenvalue weighted by molar-refractivity contribution is -0.146. The van der Waals surface area contributed by atoms with Gasteiger partial charge in [0.2, 0.25) is 6.29 Å². The van der Waals surface area contributed by atoms with E-state index in [1.807, 2.05) is 0 Å². The molecule has 2 N–H and O–H groups in total. The van der Waals surface area contributed by atoms with Crippen LogP contribution in [0.4, 0.5) is 5.69 Å². The Morgan fingerprint density at radius 2 is 2.16 bits per heavy atom. The highest BCUT2D eigenvalue weighted by Crippen LogP contribution is 2.33. The van der Waals surface area contributed by atoms with Crippen LogP contribution in [-0.2, 0) is 14.4 Å². The standard InChI is InChI=1S/C13H13N2O4/c1-8(7-16)14-11(17)13(2)12(18)15-9-5-3-4-6-10(9)19-13/h3-6,8H,1-2H3,(H,14,17)(H,15,18)/t8-,13?/m1/s1. The number of amides is 2. The molecule has 2 atom stereocenters. The molecule has 1 aromatic rings. The van der Waals surface area contributed by atoms with Gasteiger partial charge in [-0.3, -0.25) is 14.4 Å². The van der Waals surface area contributed by atoms with Crippen LogP contribution in [-0.4, -0.2) is 29.7 Å². The third-order valence-electron chi connectivity index (χ3n) is 2.84. The van der Waals surface area contributed by atoms with Crippen molar-refractivity contribution in [3.8, 4) is 5.75 Å². The Hall–Kier alpha value is -2.37. The normalized spacial score (nSPS) is 22.5. The molecule has 1 unspecified atom stereocenters. The maximum atomic E-state index is 12.0. The van der Waals surface area contributed by atoms with Gasteiger partial charge in [-0.2, -0.15) is 0 Å². The van der Waals surface area contributed by atoms with Crippen molar-refractivity contribution in [3.05, 3.63) is 24.3 Å². The molecule has 0 spiro atoms. The number of fused-ring (bicyclic) bond motifs is 1. The molecule has 6 nitrogen and oxygen atoms in total. The van der Waals surface area contributed by atoms with E-state index >= 15 is 0 Å². The fourth-order valence-corrected chi connectivity index (χ4v) is 1.68. The minimum absolute atomic E-state index is 0.405. The van der Waals surface area contributed by atoms with E-state index in [-0.39, 0.29) is 0 Å². The number of hydrogen-bond donors (Lipinski definition) is 2. The third-order valence-corrected chi connectivity index (χ3v) is 2.84. The summed E-state index contributed by atoms with van der Waals surface area (Å²) in [6, 6.07) is 5.99. The summed E-state index contributed by atoms with van der Waals surface area (Å²) in [6.07, 6.45) is 1.62. The van der Waals surface area contributed by atoms with Gasteiger partial charge in [0, 0.05) is 0 Å². The summed E-state index contributed by atoms with van der Waals surface area (Å²) in [4.78, 5) is 34.5. The molecule has 0 aliphatic carbocycles. The number of carbonyl (C=O) groups excluding carboxylic acids is 3. The molecule has 1 aromatic carbocycles. The van der Waals surface area contributed by atoms with Crippen molar-refractivity contribution in [1.82, 2.24) is 5.32 Å². The molecule has 2 rings (SSSR count). The summed E-state index contributed by atoms with van der Waals surface area (Å²) >= 11 is 0. The number of benzene rings is 1. The SMILES string of the molecule is C[C@H]([C]=O)NC(=O)C1(C)Oc2ccccc2NC1=O. The van der Waals surface area contributed by atoms with Crippen molar-refractivity contribution in [2.24, 2.45) is 0 Å². The average Bonchev–Trinajstić information content (AvgIpc) is 2.39. The Balaban J connectivity index is 2.27. The smallest absolute Gasteiger partial charge is 0.278 e. The number of carbonyl (C=O) groups is 2. The summed E-state index contributed by atoms with van der Waals surface area (Å²) in [6.45, 7) is 2.81. The van der Waals surface area contributed by atoms with Gasteiger partial charge in [0.1, 0.15) is 5.75 Å². The molecule has 1 heterocycles. The third kappa shape index (κ3) is 2.29. The molecule has 0 saturated carbocycles. The average molecular weight is 261 g/mol. The second kappa shape index (κ2) is 4.72. The van der Waals surface area contributed by atoms with Crippen molar-refractivity contribution in [1.29, 1.82) is 0 Å². The minimum atomic E-state index is -1.71. The Labute approximate surface area is 110 Å². The zero-order valence-electron chi connectivity index (χ0n) is 10.5. The molecule has 0 bridgehead atoms. The summed E-state index contributed by atoms with van der Waals surface area (Å²) in [5, 5.41) is 4.95. The molecule has 1 aliphatic rings. The van der Waals surface area contributed by atoms with Gasteiger partial charge in [-0.1, -0.05) is 12.1 Å². The molecule has 0 saturated heterocycles. The van der Waals surface area contributed by atoms with Crippen LogP contribution in [0.5, 0.6) is 5.75 Å². The van der Waals surface area contributed by atoms with Gasteiger partial charge in [0.15, 0.2) is 0 Å². The van der Waals surface area contributed by atoms with E-state index in [0.29, 0.717) is 11.4 Å². The minimum Gasteiger partial charge on any atom is -0.466 e. The van der Waals surface area contributed by atoms with Crippen molar-refractivity contribution in [2.75, 3.05) is 5.32 Å². The van der Waals surface area contributed by atoms with E-state index in [9.17, 15) is 14.4 Å². The summed E-state index contributed by atoms with van der Waals surface area (Å²) < 4.78 is 5.48. The van der Waals surface area contributed by atoms with Crippen LogP contribution in [0.25, 0.3) is 0 Å². The van der Waals surface area contributed by atoms with Crippen LogP contribution in [0.3, 0.4) is 0 Å². The molecule has 0 aromatic heterocycles. The maximum absolute atomic E-state index is 12.0. The molecular weight excluding hydrogens is 248 g/mol. The monoisotopic (exact) mass is 261 g/mol. The van der Waals surface area contributed by atoms with Crippen LogP contribution in [0, 0.1) is 0 Å². The Bertz CT molecular complexity index is 543. The highest BCUT2D eigenvalue weighted by Gasteiger charge is 2.47. The molecule has 1 aliphatic heterocycles. The topological polar surface area (TPSA) is 84.5 Å². The van der Waals surface area contributed by atoms with Crippen molar-refractivity contribution < 1.29 is 19.1 Å². The van der Waals surface area contributed by atoms with Gasteiger partial charge in [0.25, 0.3) is 17.4 Å². The van der Waals surface area contributed by atoms with Crippen LogP contribution in [0.1, 0.15) is 13.8 Å². The van der Waals surface area contributed by atoms with Crippen LogP contribution in [0.15, 0.2) is 24.3 Å². The molecule has 19 heavy (non-hydrogen) atoms. The van der Waals surface area contributed by atoms with E-state index in [1.54, 1.807) is 30.6 Å². The lowest BCUT2D eigenvalue weighted by Crippen LogP contribution is -2.60. The number of hydrogen-bond acceptors (Lipinski definition) is 4. The zero-order valence-corrected chi connectivity index (χ0v) is 10.5. The van der Waals surface area contributed by atoms with E-state index < -0.39 is 23.5 Å². The zero-order chi connectivity index (χ0) is 14.0. The van der Waals surface area contributed by atoms with Gasteiger partial charge in [-0.05, 0) is 26.0 Å². The maximum Gasteiger partial charge on any atom is 0.278 e. The van der Waals surface area contributed by atoms with Gasteiger partial charge in [-0.25, -0.2) is 0 Å². The van der Waals surface area contributed by atoms with Crippen LogP contribution in [0.2, 0.25) is 0 Å². The summed E-state index contributed by atoms with van der Waals surface area (Å²) in [7, 11) is 0. The fraction of sp³-hybridized carbons (Fsp3) is 0.308. The predicted molar refractivity (Wildman–Crippen MR) is 67.4 cm³/mol. The molecule has 6 heteroatoms. The Morgan fingerprint density at radius 3 is 2.84 bits per heavy atom. The number of nitrogens with one attached hydrogen (secondary N) is 2.